The highest BCUT2D eigenvalue weighted by molar-refractivity contribution is 5.25. The van der Waals surface area contributed by atoms with Crippen LogP contribution in [-0.4, -0.2) is 6.79 Å². The van der Waals surface area contributed by atoms with Crippen LogP contribution >= 0.6 is 0 Å². The lowest BCUT2D eigenvalue weighted by atomic mass is 9.99. The zero-order chi connectivity index (χ0) is 11.5. The first-order valence-electron chi connectivity index (χ1n) is 5.78. The van der Waals surface area contributed by atoms with Gasteiger partial charge in [0.25, 0.3) is 0 Å². The first kappa shape index (κ1) is 10.5. The first-order chi connectivity index (χ1) is 8.45. The van der Waals surface area contributed by atoms with Crippen molar-refractivity contribution in [1.29, 1.82) is 0 Å². The van der Waals surface area contributed by atoms with Gasteiger partial charge in [0.2, 0.25) is 0 Å². The summed E-state index contributed by atoms with van der Waals surface area (Å²) in [5.74, 6) is 0. The van der Waals surface area contributed by atoms with E-state index in [1.165, 1.54) is 11.1 Å². The number of hydrogen-bond acceptors (Lipinski definition) is 2. The van der Waals surface area contributed by atoms with Crippen LogP contribution in [0.5, 0.6) is 0 Å². The summed E-state index contributed by atoms with van der Waals surface area (Å²) in [5, 5.41) is 0. The van der Waals surface area contributed by atoms with Crippen molar-refractivity contribution in [2.45, 2.75) is 12.2 Å². The predicted octanol–water partition coefficient (Wildman–Crippen LogP) is 3.47. The molecule has 3 rings (SSSR count). The second kappa shape index (κ2) is 4.70. The summed E-state index contributed by atoms with van der Waals surface area (Å²) in [4.78, 5) is 0. The van der Waals surface area contributed by atoms with Gasteiger partial charge in [0, 0.05) is 0 Å². The molecule has 0 amide bonds. The van der Waals surface area contributed by atoms with Crippen molar-refractivity contribution in [3.05, 3.63) is 71.8 Å². The van der Waals surface area contributed by atoms with Crippen molar-refractivity contribution in [2.75, 3.05) is 6.79 Å². The molecule has 2 unspecified atom stereocenters. The van der Waals surface area contributed by atoms with Crippen LogP contribution in [0.4, 0.5) is 0 Å². The fourth-order valence-electron chi connectivity index (χ4n) is 2.19. The minimum absolute atomic E-state index is 0.00130. The highest BCUT2D eigenvalue weighted by Crippen LogP contribution is 2.39. The quantitative estimate of drug-likeness (QED) is 0.780. The van der Waals surface area contributed by atoms with Gasteiger partial charge in [-0.2, -0.15) is 0 Å². The molecule has 0 radical (unpaired) electrons. The van der Waals surface area contributed by atoms with Crippen molar-refractivity contribution >= 4 is 0 Å². The zero-order valence-corrected chi connectivity index (χ0v) is 9.45. The van der Waals surface area contributed by atoms with Crippen LogP contribution in [0.15, 0.2) is 60.7 Å². The Labute approximate surface area is 101 Å². The Bertz CT molecular complexity index is 421. The molecular weight excluding hydrogens is 212 g/mol. The molecular formula is C15H14O2. The van der Waals surface area contributed by atoms with Gasteiger partial charge in [0.1, 0.15) is 19.0 Å². The molecule has 1 heterocycles. The van der Waals surface area contributed by atoms with Crippen molar-refractivity contribution in [3.8, 4) is 0 Å². The molecule has 0 bridgehead atoms. The maximum atomic E-state index is 5.68. The Balaban J connectivity index is 1.91. The summed E-state index contributed by atoms with van der Waals surface area (Å²) in [6, 6.07) is 20.4. The van der Waals surface area contributed by atoms with Gasteiger partial charge in [-0.3, -0.25) is 0 Å². The monoisotopic (exact) mass is 226 g/mol. The van der Waals surface area contributed by atoms with Gasteiger partial charge in [-0.1, -0.05) is 60.7 Å². The van der Waals surface area contributed by atoms with E-state index >= 15 is 0 Å². The highest BCUT2D eigenvalue weighted by Gasteiger charge is 2.31. The molecule has 0 aliphatic carbocycles. The van der Waals surface area contributed by atoms with Gasteiger partial charge in [-0.15, -0.1) is 0 Å². The van der Waals surface area contributed by atoms with E-state index in [4.69, 9.17) is 9.47 Å². The van der Waals surface area contributed by atoms with Gasteiger partial charge in [0.15, 0.2) is 0 Å². The summed E-state index contributed by atoms with van der Waals surface area (Å²) in [5.41, 5.74) is 2.33. The lowest BCUT2D eigenvalue weighted by Gasteiger charge is -2.17. The SMILES string of the molecule is c1ccc(C2OCOC2c2ccccc2)cc1. The molecule has 1 aliphatic heterocycles. The molecule has 1 fully saturated rings. The second-order valence-corrected chi connectivity index (χ2v) is 4.11. The maximum Gasteiger partial charge on any atom is 0.148 e. The van der Waals surface area contributed by atoms with E-state index in [-0.39, 0.29) is 12.2 Å². The van der Waals surface area contributed by atoms with Gasteiger partial charge in [-0.25, -0.2) is 0 Å². The van der Waals surface area contributed by atoms with E-state index in [1.54, 1.807) is 0 Å². The third-order valence-corrected chi connectivity index (χ3v) is 3.03. The van der Waals surface area contributed by atoms with Crippen LogP contribution in [0.3, 0.4) is 0 Å². The molecule has 1 saturated heterocycles. The second-order valence-electron chi connectivity index (χ2n) is 4.11. The summed E-state index contributed by atoms with van der Waals surface area (Å²) in [6.07, 6.45) is -0.00259. The summed E-state index contributed by atoms with van der Waals surface area (Å²) in [7, 11) is 0. The Morgan fingerprint density at radius 3 is 1.47 bits per heavy atom. The Hall–Kier alpha value is -1.64. The third-order valence-electron chi connectivity index (χ3n) is 3.03. The van der Waals surface area contributed by atoms with Crippen LogP contribution in [-0.2, 0) is 9.47 Å². The highest BCUT2D eigenvalue weighted by atomic mass is 16.7. The molecule has 0 spiro atoms. The van der Waals surface area contributed by atoms with Crippen LogP contribution < -0.4 is 0 Å². The molecule has 2 heteroatoms. The van der Waals surface area contributed by atoms with E-state index in [2.05, 4.69) is 24.3 Å². The van der Waals surface area contributed by atoms with Crippen LogP contribution in [0.2, 0.25) is 0 Å². The number of rotatable bonds is 2. The number of benzene rings is 2. The van der Waals surface area contributed by atoms with Crippen LogP contribution in [0.1, 0.15) is 23.3 Å². The van der Waals surface area contributed by atoms with Gasteiger partial charge in [-0.05, 0) is 11.1 Å². The van der Waals surface area contributed by atoms with E-state index in [9.17, 15) is 0 Å². The average Bonchev–Trinajstić information content (AvgIpc) is 2.90. The molecule has 0 aromatic heterocycles. The number of hydrogen-bond donors (Lipinski definition) is 0. The fourth-order valence-corrected chi connectivity index (χ4v) is 2.19. The lowest BCUT2D eigenvalue weighted by molar-refractivity contribution is 0.0382. The normalized spacial score (nSPS) is 23.8. The fraction of sp³-hybridized carbons (Fsp3) is 0.200. The van der Waals surface area contributed by atoms with Crippen LogP contribution in [0.25, 0.3) is 0 Å². The predicted molar refractivity (Wildman–Crippen MR) is 65.4 cm³/mol. The topological polar surface area (TPSA) is 18.5 Å². The summed E-state index contributed by atoms with van der Waals surface area (Å²) >= 11 is 0. The number of ether oxygens (including phenoxy) is 2. The van der Waals surface area contributed by atoms with Gasteiger partial charge >= 0.3 is 0 Å². The third kappa shape index (κ3) is 2.09. The molecule has 1 aliphatic rings. The average molecular weight is 226 g/mol. The molecule has 86 valence electrons. The van der Waals surface area contributed by atoms with Crippen molar-refractivity contribution < 1.29 is 9.47 Å². The van der Waals surface area contributed by atoms with E-state index < -0.39 is 0 Å². The largest absolute Gasteiger partial charge is 0.344 e. The minimum atomic E-state index is -0.00130. The molecule has 2 nitrogen and oxygen atoms in total. The lowest BCUT2D eigenvalue weighted by Crippen LogP contribution is -2.06. The first-order valence-corrected chi connectivity index (χ1v) is 5.78. The molecule has 17 heavy (non-hydrogen) atoms. The summed E-state index contributed by atoms with van der Waals surface area (Å²) in [6.45, 7) is 0.360. The Kier molecular flexibility index (Phi) is 2.90. The Morgan fingerprint density at radius 2 is 1.06 bits per heavy atom. The smallest absolute Gasteiger partial charge is 0.148 e. The van der Waals surface area contributed by atoms with E-state index in [0.717, 1.165) is 0 Å². The molecule has 2 atom stereocenters. The maximum absolute atomic E-state index is 5.68. The molecule has 0 N–H and O–H groups in total. The van der Waals surface area contributed by atoms with Crippen molar-refractivity contribution in [1.82, 2.24) is 0 Å². The summed E-state index contributed by atoms with van der Waals surface area (Å²) < 4.78 is 11.4. The van der Waals surface area contributed by atoms with Crippen molar-refractivity contribution in [3.63, 3.8) is 0 Å². The Morgan fingerprint density at radius 1 is 0.647 bits per heavy atom. The standard InChI is InChI=1S/C15H14O2/c1-3-7-12(8-4-1)14-15(17-11-16-14)13-9-5-2-6-10-13/h1-10,14-15H,11H2. The van der Waals surface area contributed by atoms with Crippen molar-refractivity contribution in [2.24, 2.45) is 0 Å². The molecule has 2 aromatic carbocycles. The van der Waals surface area contributed by atoms with Gasteiger partial charge < -0.3 is 9.47 Å². The molecule has 2 aromatic rings. The molecule has 0 saturated carbocycles. The minimum Gasteiger partial charge on any atom is -0.344 e. The van der Waals surface area contributed by atoms with Crippen LogP contribution in [0, 0.1) is 0 Å². The van der Waals surface area contributed by atoms with Gasteiger partial charge in [0.05, 0.1) is 0 Å². The van der Waals surface area contributed by atoms with E-state index in [0.29, 0.717) is 6.79 Å². The zero-order valence-electron chi connectivity index (χ0n) is 9.45. The van der Waals surface area contributed by atoms with E-state index in [1.807, 2.05) is 36.4 Å².